The van der Waals surface area contributed by atoms with Crippen LogP contribution in [-0.2, 0) is 0 Å². The lowest BCUT2D eigenvalue weighted by Gasteiger charge is -2.13. The average Bonchev–Trinajstić information content (AvgIpc) is 2.37. The Morgan fingerprint density at radius 2 is 2.22 bits per heavy atom. The van der Waals surface area contributed by atoms with Crippen molar-refractivity contribution in [2.24, 2.45) is 0 Å². The summed E-state index contributed by atoms with van der Waals surface area (Å²) in [6, 6.07) is 7.63. The largest absolute Gasteiger partial charge is 0.397 e. The van der Waals surface area contributed by atoms with Crippen molar-refractivity contribution in [2.75, 3.05) is 17.6 Å². The van der Waals surface area contributed by atoms with Gasteiger partial charge in [0.1, 0.15) is 0 Å². The summed E-state index contributed by atoms with van der Waals surface area (Å²) in [5.74, 6) is 0. The summed E-state index contributed by atoms with van der Waals surface area (Å²) in [4.78, 5) is 4.28. The van der Waals surface area contributed by atoms with Gasteiger partial charge in [-0.3, -0.25) is 4.98 Å². The van der Waals surface area contributed by atoms with Gasteiger partial charge in [-0.25, -0.2) is 0 Å². The summed E-state index contributed by atoms with van der Waals surface area (Å²) >= 11 is 0. The molecule has 1 unspecified atom stereocenters. The minimum Gasteiger partial charge on any atom is -0.397 e. The highest BCUT2D eigenvalue weighted by atomic mass is 16.3. The predicted molar refractivity (Wildman–Crippen MR) is 75.6 cm³/mol. The van der Waals surface area contributed by atoms with Crippen molar-refractivity contribution in [2.45, 2.75) is 25.9 Å². The number of nitrogens with two attached hydrogens (primary N) is 1. The van der Waals surface area contributed by atoms with Crippen LogP contribution in [0.15, 0.2) is 30.5 Å². The monoisotopic (exact) mass is 245 g/mol. The molecule has 1 aromatic carbocycles. The van der Waals surface area contributed by atoms with E-state index in [4.69, 9.17) is 5.73 Å². The Labute approximate surface area is 107 Å². The van der Waals surface area contributed by atoms with E-state index in [-0.39, 0.29) is 6.10 Å². The molecule has 0 fully saturated rings. The number of aromatic nitrogens is 1. The van der Waals surface area contributed by atoms with Crippen molar-refractivity contribution < 1.29 is 5.11 Å². The Morgan fingerprint density at radius 1 is 1.39 bits per heavy atom. The van der Waals surface area contributed by atoms with Crippen LogP contribution in [0.25, 0.3) is 10.9 Å². The van der Waals surface area contributed by atoms with Gasteiger partial charge in [0.2, 0.25) is 0 Å². The quantitative estimate of drug-likeness (QED) is 0.707. The number of para-hydroxylation sites is 1. The molecular weight excluding hydrogens is 226 g/mol. The lowest BCUT2D eigenvalue weighted by Crippen LogP contribution is -2.19. The van der Waals surface area contributed by atoms with Crippen molar-refractivity contribution in [1.82, 2.24) is 4.98 Å². The number of pyridine rings is 1. The molecule has 0 saturated heterocycles. The maximum absolute atomic E-state index is 9.73. The van der Waals surface area contributed by atoms with Crippen LogP contribution in [0.3, 0.4) is 0 Å². The van der Waals surface area contributed by atoms with Gasteiger partial charge in [-0.2, -0.15) is 0 Å². The second-order valence-corrected chi connectivity index (χ2v) is 4.43. The molecule has 96 valence electrons. The third-order valence-corrected chi connectivity index (χ3v) is 2.95. The number of nitrogen functional groups attached to an aromatic ring is 1. The van der Waals surface area contributed by atoms with E-state index in [1.165, 1.54) is 0 Å². The number of fused-ring (bicyclic) bond motifs is 1. The fourth-order valence-electron chi connectivity index (χ4n) is 2.02. The molecule has 2 rings (SSSR count). The zero-order valence-electron chi connectivity index (χ0n) is 10.6. The van der Waals surface area contributed by atoms with Crippen molar-refractivity contribution in [3.8, 4) is 0 Å². The van der Waals surface area contributed by atoms with Crippen LogP contribution in [0, 0.1) is 0 Å². The average molecular weight is 245 g/mol. The number of nitrogens with one attached hydrogen (secondary N) is 1. The first-order valence-electron chi connectivity index (χ1n) is 6.27. The molecule has 0 radical (unpaired) electrons. The lowest BCUT2D eigenvalue weighted by atomic mass is 10.1. The Hall–Kier alpha value is -1.81. The molecule has 0 spiro atoms. The molecule has 4 nitrogen and oxygen atoms in total. The molecule has 0 amide bonds. The van der Waals surface area contributed by atoms with Crippen LogP contribution in [0.4, 0.5) is 11.4 Å². The Kier molecular flexibility index (Phi) is 3.99. The highest BCUT2D eigenvalue weighted by molar-refractivity contribution is 5.97. The fraction of sp³-hybridized carbons (Fsp3) is 0.357. The molecule has 0 bridgehead atoms. The second-order valence-electron chi connectivity index (χ2n) is 4.43. The molecule has 4 N–H and O–H groups in total. The Bertz CT molecular complexity index is 527. The number of hydrogen-bond acceptors (Lipinski definition) is 4. The highest BCUT2D eigenvalue weighted by Crippen LogP contribution is 2.25. The number of benzene rings is 1. The second kappa shape index (κ2) is 5.69. The number of anilines is 2. The summed E-state index contributed by atoms with van der Waals surface area (Å²) in [5.41, 5.74) is 8.32. The minimum atomic E-state index is -0.320. The summed E-state index contributed by atoms with van der Waals surface area (Å²) in [6.07, 6.45) is 3.19. The number of aliphatic hydroxyl groups excluding tert-OH is 1. The normalized spacial score (nSPS) is 12.6. The minimum absolute atomic E-state index is 0.320. The van der Waals surface area contributed by atoms with Gasteiger partial charge in [0, 0.05) is 23.8 Å². The molecule has 0 aliphatic carbocycles. The molecule has 1 atom stereocenters. The molecule has 18 heavy (non-hydrogen) atoms. The summed E-state index contributed by atoms with van der Waals surface area (Å²) in [7, 11) is 0. The Morgan fingerprint density at radius 3 is 3.00 bits per heavy atom. The van der Waals surface area contributed by atoms with E-state index in [1.54, 1.807) is 6.20 Å². The van der Waals surface area contributed by atoms with Crippen molar-refractivity contribution in [1.29, 1.82) is 0 Å². The van der Waals surface area contributed by atoms with Crippen molar-refractivity contribution in [3.63, 3.8) is 0 Å². The fourth-order valence-corrected chi connectivity index (χ4v) is 2.02. The van der Waals surface area contributed by atoms with Gasteiger partial charge in [-0.05, 0) is 18.6 Å². The first-order valence-corrected chi connectivity index (χ1v) is 6.27. The van der Waals surface area contributed by atoms with E-state index in [0.29, 0.717) is 12.2 Å². The van der Waals surface area contributed by atoms with Gasteiger partial charge in [-0.1, -0.05) is 25.5 Å². The molecule has 0 saturated carbocycles. The molecule has 4 heteroatoms. The first kappa shape index (κ1) is 12.6. The van der Waals surface area contributed by atoms with Gasteiger partial charge in [0.05, 0.1) is 17.3 Å². The summed E-state index contributed by atoms with van der Waals surface area (Å²) in [6.45, 7) is 2.60. The van der Waals surface area contributed by atoms with E-state index in [1.807, 2.05) is 24.3 Å². The molecule has 0 aliphatic heterocycles. The van der Waals surface area contributed by atoms with Crippen molar-refractivity contribution in [3.05, 3.63) is 30.5 Å². The van der Waals surface area contributed by atoms with Crippen LogP contribution in [0.2, 0.25) is 0 Å². The number of aliphatic hydroxyl groups is 1. The maximum atomic E-state index is 9.73. The predicted octanol–water partition coefficient (Wildman–Crippen LogP) is 2.39. The first-order chi connectivity index (χ1) is 8.72. The molecule has 2 aromatic rings. The molecule has 1 heterocycles. The van der Waals surface area contributed by atoms with E-state index >= 15 is 0 Å². The highest BCUT2D eigenvalue weighted by Gasteiger charge is 2.06. The zero-order chi connectivity index (χ0) is 13.0. The third kappa shape index (κ3) is 2.71. The van der Waals surface area contributed by atoms with Gasteiger partial charge >= 0.3 is 0 Å². The summed E-state index contributed by atoms with van der Waals surface area (Å²) < 4.78 is 0. The number of nitrogens with zero attached hydrogens (tertiary/aromatic N) is 1. The third-order valence-electron chi connectivity index (χ3n) is 2.95. The van der Waals surface area contributed by atoms with Gasteiger partial charge in [-0.15, -0.1) is 0 Å². The molecular formula is C14H19N3O. The standard InChI is InChI=1S/C14H19N3O/c1-2-4-10(18)9-17-13-7-8-16-14-11(13)5-3-6-12(14)15/h3,5-8,10,18H,2,4,9,15H2,1H3,(H,16,17). The SMILES string of the molecule is CCCC(O)CNc1ccnc2c(N)cccc12. The van der Waals surface area contributed by atoms with E-state index in [2.05, 4.69) is 17.2 Å². The van der Waals surface area contributed by atoms with E-state index in [9.17, 15) is 5.11 Å². The van der Waals surface area contributed by atoms with Crippen LogP contribution in [0.5, 0.6) is 0 Å². The van der Waals surface area contributed by atoms with Crippen LogP contribution >= 0.6 is 0 Å². The van der Waals surface area contributed by atoms with Crippen LogP contribution in [0.1, 0.15) is 19.8 Å². The zero-order valence-corrected chi connectivity index (χ0v) is 10.6. The summed E-state index contributed by atoms with van der Waals surface area (Å²) in [5, 5.41) is 14.0. The maximum Gasteiger partial charge on any atom is 0.0951 e. The van der Waals surface area contributed by atoms with E-state index < -0.39 is 0 Å². The van der Waals surface area contributed by atoms with Crippen LogP contribution < -0.4 is 11.1 Å². The number of hydrogen-bond donors (Lipinski definition) is 3. The molecule has 1 aromatic heterocycles. The van der Waals surface area contributed by atoms with Gasteiger partial charge in [0.15, 0.2) is 0 Å². The lowest BCUT2D eigenvalue weighted by molar-refractivity contribution is 0.176. The Balaban J connectivity index is 2.21. The van der Waals surface area contributed by atoms with Crippen molar-refractivity contribution >= 4 is 22.3 Å². The smallest absolute Gasteiger partial charge is 0.0951 e. The van der Waals surface area contributed by atoms with Gasteiger partial charge in [0.25, 0.3) is 0 Å². The van der Waals surface area contributed by atoms with Gasteiger partial charge < -0.3 is 16.2 Å². The van der Waals surface area contributed by atoms with E-state index in [0.717, 1.165) is 29.4 Å². The number of rotatable bonds is 5. The topological polar surface area (TPSA) is 71.2 Å². The molecule has 0 aliphatic rings. The van der Waals surface area contributed by atoms with Crippen LogP contribution in [-0.4, -0.2) is 22.7 Å².